The van der Waals surface area contributed by atoms with E-state index < -0.39 is 0 Å². The van der Waals surface area contributed by atoms with Crippen LogP contribution in [0.2, 0.25) is 0 Å². The normalized spacial score (nSPS) is 15.7. The Morgan fingerprint density at radius 1 is 0.348 bits per heavy atom. The lowest BCUT2D eigenvalue weighted by molar-refractivity contribution is -0.119. The average Bonchev–Trinajstić information content (AvgIpc) is 1.63. The highest BCUT2D eigenvalue weighted by Gasteiger charge is 2.33. The predicted octanol–water partition coefficient (Wildman–Crippen LogP) is 22.8. The van der Waals surface area contributed by atoms with E-state index in [1.807, 2.05) is 114 Å². The highest BCUT2D eigenvalue weighted by molar-refractivity contribution is 7.24. The third-order valence-corrected chi connectivity index (χ3v) is 38.2. The van der Waals surface area contributed by atoms with E-state index in [4.69, 9.17) is 24.9 Å². The van der Waals surface area contributed by atoms with Crippen molar-refractivity contribution in [3.8, 4) is 52.9 Å². The maximum atomic E-state index is 12.7. The first-order valence-corrected chi connectivity index (χ1v) is 56.9. The minimum absolute atomic E-state index is 0.345. The van der Waals surface area contributed by atoms with Crippen LogP contribution in [0.15, 0.2) is 92.2 Å². The number of unbranched alkanes of at least 4 members (excludes halogenated alkanes) is 1. The van der Waals surface area contributed by atoms with Gasteiger partial charge in [0.05, 0.1) is 48.3 Å². The van der Waals surface area contributed by atoms with Crippen LogP contribution in [-0.2, 0) is 121 Å². The van der Waals surface area contributed by atoms with Crippen molar-refractivity contribution in [2.24, 2.45) is 23.7 Å². The Balaban J connectivity index is 0.000000108. The summed E-state index contributed by atoms with van der Waals surface area (Å²) in [6.45, 7) is 18.3. The summed E-state index contributed by atoms with van der Waals surface area (Å²) < 4.78 is 5.75. The van der Waals surface area contributed by atoms with Gasteiger partial charge in [-0.25, -0.2) is 29.9 Å². The van der Waals surface area contributed by atoms with E-state index >= 15 is 0 Å². The lowest BCUT2D eigenvalue weighted by Crippen LogP contribution is -2.41. The smallest absolute Gasteiger partial charge is 0.170 e. The Bertz CT molecular complexity index is 6220. The molecule has 2 saturated carbocycles. The van der Waals surface area contributed by atoms with Gasteiger partial charge in [0.15, 0.2) is 5.65 Å². The van der Waals surface area contributed by atoms with Gasteiger partial charge in [-0.2, -0.15) is 0 Å². The van der Waals surface area contributed by atoms with E-state index in [2.05, 4.69) is 83.7 Å². The molecule has 21 nitrogen and oxygen atoms in total. The Morgan fingerprint density at radius 3 is 0.948 bits per heavy atom. The van der Waals surface area contributed by atoms with E-state index in [1.165, 1.54) is 156 Å². The van der Waals surface area contributed by atoms with Crippen LogP contribution < -0.4 is 31.9 Å². The summed E-state index contributed by atoms with van der Waals surface area (Å²) in [6, 6.07) is 12.1. The van der Waals surface area contributed by atoms with Gasteiger partial charge in [0.2, 0.25) is 0 Å². The van der Waals surface area contributed by atoms with Crippen molar-refractivity contribution in [2.75, 3.05) is 45.8 Å². The predicted molar refractivity (Wildman–Crippen MR) is 560 cm³/mol. The largest absolute Gasteiger partial charge is 0.316 e. The molecular formula is C104H118N16O5S10. The van der Waals surface area contributed by atoms with E-state index in [0.29, 0.717) is 86.2 Å². The maximum Gasteiger partial charge on any atom is 0.170 e. The molecule has 2 aliphatic carbocycles. The molecular weight excluding hydrogens is 1870 g/mol. The molecule has 0 atom stereocenters. The minimum Gasteiger partial charge on any atom is -0.316 e. The number of nitrogens with one attached hydrogen (secondary N) is 6. The molecule has 3 fully saturated rings. The number of Topliss-reactive ketones (excluding diaryl/α,β-unsaturated/α-hetero) is 5. The molecule has 0 spiro atoms. The first kappa shape index (κ1) is 95.7. The number of thiazole rings is 5. The number of rotatable bonds is 34. The van der Waals surface area contributed by atoms with Crippen LogP contribution in [0.4, 0.5) is 0 Å². The zero-order valence-electron chi connectivity index (χ0n) is 77.3. The highest BCUT2D eigenvalue weighted by Crippen LogP contribution is 2.49. The van der Waals surface area contributed by atoms with Crippen LogP contribution in [0.1, 0.15) is 226 Å². The minimum atomic E-state index is 0.345. The molecule has 8 aliphatic rings. The molecule has 0 amide bonds. The van der Waals surface area contributed by atoms with Crippen LogP contribution in [-0.4, -0.2) is 125 Å². The molecule has 0 bridgehead atoms. The van der Waals surface area contributed by atoms with Gasteiger partial charge in [-0.1, -0.05) is 78.6 Å². The quantitative estimate of drug-likeness (QED) is 0.0218. The summed E-state index contributed by atoms with van der Waals surface area (Å²) in [7, 11) is 0. The van der Waals surface area contributed by atoms with Crippen molar-refractivity contribution in [1.82, 2.24) is 81.7 Å². The molecule has 21 heterocycles. The average molecular weight is 1990 g/mol. The highest BCUT2D eigenvalue weighted by atomic mass is 32.1. The number of carbonyl (C=O) groups excluding carboxylic acids is 5. The molecule has 0 aromatic carbocycles. The maximum absolute atomic E-state index is 12.7. The second kappa shape index (κ2) is 45.8. The van der Waals surface area contributed by atoms with Gasteiger partial charge in [-0.15, -0.1) is 113 Å². The molecule has 31 heteroatoms. The summed E-state index contributed by atoms with van der Waals surface area (Å²) in [5.74, 6) is 5.05. The van der Waals surface area contributed by atoms with Crippen molar-refractivity contribution >= 4 is 193 Å². The second-order valence-electron chi connectivity index (χ2n) is 37.3. The van der Waals surface area contributed by atoms with Crippen LogP contribution >= 0.6 is 113 Å². The van der Waals surface area contributed by atoms with E-state index in [9.17, 15) is 24.0 Å². The lowest BCUT2D eigenvalue weighted by atomic mass is 9.81. The van der Waals surface area contributed by atoms with Crippen LogP contribution in [0.5, 0.6) is 0 Å². The Labute approximate surface area is 829 Å². The fourth-order valence-corrected chi connectivity index (χ4v) is 31.4. The van der Waals surface area contributed by atoms with Crippen molar-refractivity contribution in [1.29, 1.82) is 0 Å². The number of carbonyl (C=O) groups is 5. The third kappa shape index (κ3) is 23.8. The molecule has 6 aliphatic heterocycles. The Morgan fingerprint density at radius 2 is 0.659 bits per heavy atom. The molecule has 0 radical (unpaired) electrons. The fraction of sp³-hybridized carbons (Fsp3) is 0.471. The standard InChI is InChI=1S/C22H25N3OS2.C21H24N4OS2.C21H23N3OS2.C21H25N3OS2.C19H21N3OS2/c26-15(6-2-5-14-3-1-4-14)11-19-21(16-7-9-24-13-20(16)27-19)22-25-17-12-23-10-8-18(17)28-22;26-14(3-1-2-13-9-24-10-13)8-18-20(15-4-6-23-12-19(15)27-18)21-25-16-11-22-7-5-17(16)28-21;25-14(3-1-2-13-4-5-13)10-18-20(15-6-8-23-12-19(15)26-18)21-24-16-11-22-9-7-17(16)27-21;1-13(2)5-3-6-14(25)11-17-19(15-8-10-22-12-18(15)26-17)21-24-20-16(27-21)7-4-9-23-20;1-2-3-4-12(23)9-16-18(13-5-7-21-11-17(13)24-16)19-22-14-10-20-8-6-15(14)25-19/h8,10,12,14,24H,1-7,9,11,13H2;5,7,11,13,23-24H,1-4,6,8-10,12H2;7,9,11,13,23H,1-6,8,10,12H2;4,7,9,13,22H,3,5-6,8,10-12H2,1-2H3;6,8,10,21H,2-5,7,9,11H2,1H3. The van der Waals surface area contributed by atoms with Gasteiger partial charge in [-0.3, -0.25) is 43.9 Å². The monoisotopic (exact) mass is 1990 g/mol. The molecule has 704 valence electrons. The molecule has 1 saturated heterocycles. The number of pyridine rings is 5. The van der Waals surface area contributed by atoms with Crippen LogP contribution in [0.3, 0.4) is 0 Å². The van der Waals surface area contributed by atoms with Crippen molar-refractivity contribution < 1.29 is 24.0 Å². The summed E-state index contributed by atoms with van der Waals surface area (Å²) in [6.07, 6.45) is 45.5. The SMILES string of the molecule is CC(C)CCCC(=O)Cc1sc2c(c1-c1nc3ncccc3s1)CCNC2.CCCCC(=O)Cc1sc2c(c1-c1nc3cnccc3s1)CCNC2.O=C(CCCC1CC1)Cc1sc2c(c1-c1nc3cnccc3s1)CCNC2.O=C(CCCC1CCC1)Cc1sc2c(c1-c1nc3cnccc3s1)CCNC2.O=C(CCCC1CNC1)Cc1sc2c(c1-c1nc3cnccc3s1)CCNC2. The summed E-state index contributed by atoms with van der Waals surface area (Å²) >= 11 is 17.6. The van der Waals surface area contributed by atoms with Crippen molar-refractivity contribution in [2.45, 2.75) is 246 Å². The van der Waals surface area contributed by atoms with Crippen LogP contribution in [0.25, 0.3) is 104 Å². The fourth-order valence-electron chi connectivity index (χ4n) is 19.2. The van der Waals surface area contributed by atoms with Crippen molar-refractivity contribution in [3.05, 3.63) is 169 Å². The number of ketones is 5. The van der Waals surface area contributed by atoms with Gasteiger partial charge in [0.25, 0.3) is 0 Å². The number of nitrogens with zero attached hydrogens (tertiary/aromatic N) is 10. The van der Waals surface area contributed by atoms with Gasteiger partial charge in [-0.05, 0) is 204 Å². The summed E-state index contributed by atoms with van der Waals surface area (Å²) in [5.41, 5.74) is 17.8. The van der Waals surface area contributed by atoms with Gasteiger partial charge in [0.1, 0.15) is 76.0 Å². The second-order valence-corrected chi connectivity index (χ2v) is 48.4. The summed E-state index contributed by atoms with van der Waals surface area (Å²) in [4.78, 5) is 121. The first-order valence-electron chi connectivity index (χ1n) is 48.8. The molecule has 135 heavy (non-hydrogen) atoms. The number of thiophene rings is 5. The third-order valence-electron chi connectivity index (χ3n) is 26.8. The topological polar surface area (TPSA) is 286 Å². The number of aromatic nitrogens is 10. The van der Waals surface area contributed by atoms with E-state index in [-0.39, 0.29) is 0 Å². The molecule has 23 rings (SSSR count). The zero-order chi connectivity index (χ0) is 92.1. The molecule has 15 aromatic rings. The molecule has 6 N–H and O–H groups in total. The van der Waals surface area contributed by atoms with Crippen LogP contribution in [0, 0.1) is 23.7 Å². The van der Waals surface area contributed by atoms with Gasteiger partial charge in [0, 0.05) is 205 Å². The van der Waals surface area contributed by atoms with E-state index in [1.54, 1.807) is 85.6 Å². The van der Waals surface area contributed by atoms with Gasteiger partial charge < -0.3 is 31.9 Å². The number of hydrogen-bond donors (Lipinski definition) is 6. The first-order chi connectivity index (χ1) is 66.2. The zero-order valence-corrected chi connectivity index (χ0v) is 85.4. The summed E-state index contributed by atoms with van der Waals surface area (Å²) in [5, 5.41) is 25.8. The van der Waals surface area contributed by atoms with Gasteiger partial charge >= 0.3 is 0 Å². The molecule has 0 unspecified atom stereocenters. The van der Waals surface area contributed by atoms with E-state index in [0.717, 1.165) is 262 Å². The molecule has 15 aromatic heterocycles. The lowest BCUT2D eigenvalue weighted by Gasteiger charge is -2.26. The number of hydrogen-bond acceptors (Lipinski definition) is 31. The van der Waals surface area contributed by atoms with Crippen molar-refractivity contribution in [3.63, 3.8) is 0 Å². The Hall–Kier alpha value is -8.19. The Kier molecular flexibility index (Phi) is 32.5. The number of fused-ring (bicyclic) bond motifs is 10.